The first-order chi connectivity index (χ1) is 14.5. The number of thioether (sulfide) groups is 1. The molecule has 0 saturated heterocycles. The van der Waals surface area contributed by atoms with Crippen molar-refractivity contribution in [2.24, 2.45) is 0 Å². The molecule has 30 heavy (non-hydrogen) atoms. The summed E-state index contributed by atoms with van der Waals surface area (Å²) in [5, 5.41) is 9.87. The van der Waals surface area contributed by atoms with Crippen molar-refractivity contribution in [3.8, 4) is 17.1 Å². The van der Waals surface area contributed by atoms with Crippen LogP contribution in [0.25, 0.3) is 11.3 Å². The van der Waals surface area contributed by atoms with Gasteiger partial charge >= 0.3 is 0 Å². The van der Waals surface area contributed by atoms with Crippen LogP contribution in [0.15, 0.2) is 47.6 Å². The number of nitrogens with zero attached hydrogens (tertiary/aromatic N) is 4. The van der Waals surface area contributed by atoms with Gasteiger partial charge in [-0.25, -0.2) is 0 Å². The van der Waals surface area contributed by atoms with E-state index in [0.29, 0.717) is 37.7 Å². The summed E-state index contributed by atoms with van der Waals surface area (Å²) in [5.41, 5.74) is 2.29. The summed E-state index contributed by atoms with van der Waals surface area (Å²) < 4.78 is 6.32. The van der Waals surface area contributed by atoms with Crippen LogP contribution in [0.1, 0.15) is 32.1 Å². The van der Waals surface area contributed by atoms with Crippen molar-refractivity contribution in [1.29, 1.82) is 0 Å². The number of ether oxygens (including phenoxy) is 1. The van der Waals surface area contributed by atoms with E-state index in [9.17, 15) is 4.79 Å². The number of halogens is 2. The van der Waals surface area contributed by atoms with E-state index in [-0.39, 0.29) is 18.2 Å². The summed E-state index contributed by atoms with van der Waals surface area (Å²) in [4.78, 5) is 19.2. The highest BCUT2D eigenvalue weighted by molar-refractivity contribution is 7.99. The minimum atomic E-state index is -0.905. The molecule has 2 aromatic carbocycles. The van der Waals surface area contributed by atoms with Crippen molar-refractivity contribution in [2.45, 2.75) is 31.7 Å². The van der Waals surface area contributed by atoms with Crippen LogP contribution in [0.4, 0.5) is 5.69 Å². The van der Waals surface area contributed by atoms with Gasteiger partial charge in [-0.3, -0.25) is 9.69 Å². The molecule has 1 aliphatic rings. The maximum absolute atomic E-state index is 13.1. The van der Waals surface area contributed by atoms with Gasteiger partial charge in [0.1, 0.15) is 0 Å². The van der Waals surface area contributed by atoms with Gasteiger partial charge < -0.3 is 4.74 Å². The maximum Gasteiger partial charge on any atom is 0.247 e. The molecule has 0 spiro atoms. The van der Waals surface area contributed by atoms with E-state index in [1.54, 1.807) is 30.0 Å². The third-order valence-corrected chi connectivity index (χ3v) is 5.98. The van der Waals surface area contributed by atoms with Crippen molar-refractivity contribution in [1.82, 2.24) is 15.2 Å². The highest BCUT2D eigenvalue weighted by atomic mass is 35.5. The molecule has 0 radical (unpaired) electrons. The van der Waals surface area contributed by atoms with E-state index in [0.717, 1.165) is 5.75 Å². The van der Waals surface area contributed by atoms with Crippen LogP contribution in [0, 0.1) is 0 Å². The van der Waals surface area contributed by atoms with Gasteiger partial charge in [0, 0.05) is 12.0 Å². The Balaban J connectivity index is 2.00. The first kappa shape index (κ1) is 20.9. The molecule has 4 rings (SSSR count). The van der Waals surface area contributed by atoms with Gasteiger partial charge in [0.05, 0.1) is 21.3 Å². The number of para-hydroxylation sites is 1. The predicted octanol–water partition coefficient (Wildman–Crippen LogP) is 5.79. The van der Waals surface area contributed by atoms with Crippen LogP contribution in [-0.4, -0.2) is 26.8 Å². The van der Waals surface area contributed by atoms with Crippen LogP contribution < -0.4 is 9.64 Å². The van der Waals surface area contributed by atoms with Crippen molar-refractivity contribution in [2.75, 3.05) is 10.7 Å². The second-order valence-corrected chi connectivity index (χ2v) is 8.47. The summed E-state index contributed by atoms with van der Waals surface area (Å²) in [7, 11) is 0. The van der Waals surface area contributed by atoms with Crippen LogP contribution in [0.5, 0.6) is 5.88 Å². The lowest BCUT2D eigenvalue weighted by molar-refractivity contribution is -0.120. The third kappa shape index (κ3) is 3.73. The standard InChI is InChI=1S/C21H18Cl2N4O2S/c1-3-16(28)27-15-11-6-5-8-12(15)18-19(24-21(26-25-18)30-4-2)29-20(27)17-13(22)9-7-10-14(17)23/h5-11,20H,3-4H2,1-2H3/t20-/m0/s1. The normalized spacial score (nSPS) is 15.1. The number of carbonyl (C=O) groups is 1. The largest absolute Gasteiger partial charge is 0.447 e. The minimum Gasteiger partial charge on any atom is -0.447 e. The molecule has 6 nitrogen and oxygen atoms in total. The summed E-state index contributed by atoms with van der Waals surface area (Å²) in [5.74, 6) is 0.922. The molecule has 0 N–H and O–H groups in total. The van der Waals surface area contributed by atoms with Crippen LogP contribution in [-0.2, 0) is 4.79 Å². The average Bonchev–Trinajstić information content (AvgIpc) is 2.88. The zero-order valence-electron chi connectivity index (χ0n) is 16.3. The molecule has 0 fully saturated rings. The Labute approximate surface area is 188 Å². The van der Waals surface area contributed by atoms with Crippen molar-refractivity contribution in [3.63, 3.8) is 0 Å². The molecule has 2 heterocycles. The molecule has 1 aromatic heterocycles. The molecule has 154 valence electrons. The third-order valence-electron chi connectivity index (χ3n) is 4.60. The van der Waals surface area contributed by atoms with E-state index >= 15 is 0 Å². The number of hydrogen-bond acceptors (Lipinski definition) is 6. The quantitative estimate of drug-likeness (QED) is 0.458. The minimum absolute atomic E-state index is 0.146. The van der Waals surface area contributed by atoms with E-state index in [2.05, 4.69) is 15.2 Å². The van der Waals surface area contributed by atoms with Crippen molar-refractivity contribution in [3.05, 3.63) is 58.1 Å². The topological polar surface area (TPSA) is 68.2 Å². The second kappa shape index (κ2) is 8.79. The van der Waals surface area contributed by atoms with Crippen LogP contribution in [0.3, 0.4) is 0 Å². The van der Waals surface area contributed by atoms with Crippen molar-refractivity contribution < 1.29 is 9.53 Å². The number of hydrogen-bond donors (Lipinski definition) is 0. The van der Waals surface area contributed by atoms with E-state index in [1.807, 2.05) is 31.2 Å². The monoisotopic (exact) mass is 460 g/mol. The molecule has 0 saturated carbocycles. The van der Waals surface area contributed by atoms with E-state index in [4.69, 9.17) is 27.9 Å². The summed E-state index contributed by atoms with van der Waals surface area (Å²) in [6.07, 6.45) is -0.639. The van der Waals surface area contributed by atoms with Gasteiger partial charge in [-0.2, -0.15) is 4.98 Å². The second-order valence-electron chi connectivity index (χ2n) is 6.42. The number of fused-ring (bicyclic) bond motifs is 3. The summed E-state index contributed by atoms with van der Waals surface area (Å²) in [6, 6.07) is 12.6. The SMILES string of the molecule is CCSc1nnc2c(n1)O[C@@H](c1c(Cl)cccc1Cl)N(C(=O)CC)c1ccccc1-2. The Morgan fingerprint density at radius 1 is 1.10 bits per heavy atom. The number of benzene rings is 2. The fraction of sp³-hybridized carbons (Fsp3) is 0.238. The first-order valence-corrected chi connectivity index (χ1v) is 11.2. The molecule has 1 aliphatic heterocycles. The van der Waals surface area contributed by atoms with Gasteiger partial charge in [-0.1, -0.05) is 73.1 Å². The lowest BCUT2D eigenvalue weighted by atomic mass is 10.1. The first-order valence-electron chi connectivity index (χ1n) is 9.44. The number of amides is 1. The van der Waals surface area contributed by atoms with Crippen molar-refractivity contribution >= 4 is 46.6 Å². The predicted molar refractivity (Wildman–Crippen MR) is 119 cm³/mol. The van der Waals surface area contributed by atoms with Crippen LogP contribution in [0.2, 0.25) is 10.0 Å². The summed E-state index contributed by atoms with van der Waals surface area (Å²) in [6.45, 7) is 3.80. The molecule has 1 atom stereocenters. The number of rotatable bonds is 4. The summed E-state index contributed by atoms with van der Waals surface area (Å²) >= 11 is 14.5. The molecule has 1 amide bonds. The van der Waals surface area contributed by atoms with Crippen LogP contribution >= 0.6 is 35.0 Å². The fourth-order valence-electron chi connectivity index (χ4n) is 3.28. The fourth-order valence-corrected chi connectivity index (χ4v) is 4.37. The maximum atomic E-state index is 13.1. The van der Waals surface area contributed by atoms with Gasteiger partial charge in [-0.05, 0) is 24.0 Å². The molecule has 3 aromatic rings. The number of anilines is 1. The Morgan fingerprint density at radius 2 is 1.83 bits per heavy atom. The van der Waals surface area contributed by atoms with Gasteiger partial charge in [0.25, 0.3) is 0 Å². The lowest BCUT2D eigenvalue weighted by Crippen LogP contribution is -2.37. The number of aromatic nitrogens is 3. The molecule has 0 bridgehead atoms. The van der Waals surface area contributed by atoms with E-state index < -0.39 is 6.23 Å². The molecule has 0 aliphatic carbocycles. The Kier molecular flexibility index (Phi) is 6.13. The molecular formula is C21H18Cl2N4O2S. The Bertz CT molecular complexity index is 1090. The number of carbonyl (C=O) groups excluding carboxylic acids is 1. The van der Waals surface area contributed by atoms with Gasteiger partial charge in [-0.15, -0.1) is 10.2 Å². The smallest absolute Gasteiger partial charge is 0.247 e. The molecule has 0 unspecified atom stereocenters. The lowest BCUT2D eigenvalue weighted by Gasteiger charge is -2.31. The van der Waals surface area contributed by atoms with E-state index in [1.165, 1.54) is 11.8 Å². The van der Waals surface area contributed by atoms with Gasteiger partial charge in [0.2, 0.25) is 23.2 Å². The molecular weight excluding hydrogens is 443 g/mol. The highest BCUT2D eigenvalue weighted by Gasteiger charge is 2.37. The Morgan fingerprint density at radius 3 is 2.53 bits per heavy atom. The molecule has 9 heteroatoms. The zero-order chi connectivity index (χ0) is 21.3. The average molecular weight is 461 g/mol. The van der Waals surface area contributed by atoms with Gasteiger partial charge in [0.15, 0.2) is 5.69 Å². The Hall–Kier alpha value is -2.35. The highest BCUT2D eigenvalue weighted by Crippen LogP contribution is 2.46. The zero-order valence-corrected chi connectivity index (χ0v) is 18.6.